The maximum absolute atomic E-state index is 12.9. The van der Waals surface area contributed by atoms with E-state index in [4.69, 9.17) is 8.94 Å². The highest BCUT2D eigenvalue weighted by Crippen LogP contribution is 2.44. The van der Waals surface area contributed by atoms with Crippen LogP contribution in [0, 0.1) is 13.8 Å². The fraction of sp³-hybridized carbons (Fsp3) is 0.0241. The van der Waals surface area contributed by atoms with Gasteiger partial charge in [-0.3, -0.25) is 24.2 Å². The number of carbonyl (C=O) groups excluding carboxylic acids is 4. The quantitative estimate of drug-likeness (QED) is 0.0393. The van der Waals surface area contributed by atoms with E-state index in [1.165, 1.54) is 23.8 Å². The number of carbonyl (C=O) groups is 4. The average molecular weight is 1570 g/mol. The summed E-state index contributed by atoms with van der Waals surface area (Å²) in [6.07, 6.45) is 7.39. The lowest BCUT2D eigenvalue weighted by Crippen LogP contribution is -2.13. The second-order valence-corrected chi connectivity index (χ2v) is 26.4. The minimum Gasteiger partial charge on any atom is -0.505 e. The van der Waals surface area contributed by atoms with Crippen LogP contribution in [-0.4, -0.2) is 88.9 Å². The molecule has 0 aliphatic carbocycles. The molecule has 0 atom stereocenters. The van der Waals surface area contributed by atoms with E-state index >= 15 is 0 Å². The fourth-order valence-corrected chi connectivity index (χ4v) is 12.3. The van der Waals surface area contributed by atoms with Crippen LogP contribution in [-0.2, 0) is 0 Å². The predicted molar refractivity (Wildman–Crippen MR) is 438 cm³/mol. The van der Waals surface area contributed by atoms with Crippen molar-refractivity contribution in [1.82, 2.24) is 44.9 Å². The minimum atomic E-state index is -0.501. The molecule has 0 spiro atoms. The third-order valence-corrected chi connectivity index (χ3v) is 18.1. The fourth-order valence-electron chi connectivity index (χ4n) is 11.3. The van der Waals surface area contributed by atoms with Gasteiger partial charge in [-0.15, -0.1) is 51.1 Å². The number of nitrogens with zero attached hydrogens (tertiary/aromatic N) is 17. The monoisotopic (exact) mass is 1570 g/mol. The summed E-state index contributed by atoms with van der Waals surface area (Å²) >= 11 is 2.40. The van der Waals surface area contributed by atoms with Gasteiger partial charge in [-0.25, -0.2) is 9.97 Å². The number of para-hydroxylation sites is 2. The highest BCUT2D eigenvalue weighted by molar-refractivity contribution is 7.14. The van der Waals surface area contributed by atoms with E-state index in [0.717, 1.165) is 38.3 Å². The summed E-state index contributed by atoms with van der Waals surface area (Å²) in [5, 5.41) is 113. The number of benzene rings is 11. The van der Waals surface area contributed by atoms with E-state index in [0.29, 0.717) is 77.5 Å². The van der Waals surface area contributed by atoms with Gasteiger partial charge in [-0.2, -0.15) is 4.37 Å². The van der Waals surface area contributed by atoms with Gasteiger partial charge in [0.2, 0.25) is 11.0 Å². The van der Waals surface area contributed by atoms with Crippen molar-refractivity contribution in [3.8, 4) is 34.5 Å². The first-order valence-electron chi connectivity index (χ1n) is 34.9. The molecule has 11 aromatic carbocycles. The molecule has 116 heavy (non-hydrogen) atoms. The van der Waals surface area contributed by atoms with Crippen molar-refractivity contribution < 1.29 is 48.5 Å². The number of fused-ring (bicyclic) bond motifs is 4. The standard InChI is InChI=1S/C24H16N6O3.2C20H15N5O2S.C19H13N5O3/c31-21-19(22(32)26-17-10-12-25-13-11-17)14-16-8-4-5-9-18(16)20(21)27-29-24-30-28-23(33-24)15-6-2-1-3-7-15;1-12-22-24-20(28-12)25-23-17-15-10-6-5-7-13(15)11-16(18(17)26)19(27)21-14-8-3-2-4-9-14;1-12-21-20(28-25-12)24-23-17-15-10-6-5-7-13(15)11-16(18(17)26)19(27)22-14-8-3-2-4-9-14;25-18-15(19(26)22-16-7-3-4-8-20-16)9-12-5-1-2-6-14(12)17(18)24-23-13-10-21-27-11-13/h1-14,31H,(H,25,26,32);2-11,26H,1H3,(H,21,27);2-11,26H,1H3,(H,22,27);1-11,25H,(H,20,22,26). The Morgan fingerprint density at radius 1 is 0.405 bits per heavy atom. The molecule has 0 bridgehead atoms. The highest BCUT2D eigenvalue weighted by Gasteiger charge is 2.24. The smallest absolute Gasteiger partial charge is 0.361 e. The molecule has 568 valence electrons. The number of azo groups is 4. The molecule has 0 aliphatic heterocycles. The van der Waals surface area contributed by atoms with Gasteiger partial charge >= 0.3 is 6.01 Å². The first kappa shape index (κ1) is 76.5. The highest BCUT2D eigenvalue weighted by atomic mass is 32.1. The zero-order valence-electron chi connectivity index (χ0n) is 60.6. The van der Waals surface area contributed by atoms with Gasteiger partial charge in [0.1, 0.15) is 45.1 Å². The number of phenols is 4. The first-order chi connectivity index (χ1) is 56.6. The maximum Gasteiger partial charge on any atom is 0.361 e. The first-order valence-corrected chi connectivity index (χ1v) is 36.4. The summed E-state index contributed by atoms with van der Waals surface area (Å²) < 4.78 is 14.3. The molecule has 0 saturated heterocycles. The molecule has 33 heteroatoms. The summed E-state index contributed by atoms with van der Waals surface area (Å²) in [6, 6.07) is 71.4. The van der Waals surface area contributed by atoms with E-state index in [2.05, 4.69) is 107 Å². The lowest BCUT2D eigenvalue weighted by molar-refractivity contribution is 0.101. The molecule has 4 amide bonds. The molecule has 0 aliphatic rings. The Hall–Kier alpha value is -16.3. The molecular formula is C83H59N21O10S2. The minimum absolute atomic E-state index is 0.0509. The number of anilines is 4. The number of aromatic hydroxyl groups is 4. The number of phenolic OH excluding ortho intramolecular Hbond substituents is 4. The summed E-state index contributed by atoms with van der Waals surface area (Å²) in [5.74, 6) is -1.65. The second kappa shape index (κ2) is 36.0. The summed E-state index contributed by atoms with van der Waals surface area (Å²) in [5.41, 5.74) is 4.02. The van der Waals surface area contributed by atoms with Crippen LogP contribution in [0.3, 0.4) is 0 Å². The van der Waals surface area contributed by atoms with Crippen molar-refractivity contribution in [2.45, 2.75) is 13.8 Å². The Balaban J connectivity index is 0.000000128. The Labute approximate surface area is 664 Å². The Kier molecular flexibility index (Phi) is 23.8. The van der Waals surface area contributed by atoms with Gasteiger partial charge in [-0.1, -0.05) is 184 Å². The lowest BCUT2D eigenvalue weighted by Gasteiger charge is -2.11. The molecule has 0 unspecified atom stereocenters. The van der Waals surface area contributed by atoms with Crippen LogP contribution in [0.15, 0.2) is 324 Å². The van der Waals surface area contributed by atoms with Crippen LogP contribution < -0.4 is 21.3 Å². The molecule has 0 fully saturated rings. The molecule has 17 aromatic rings. The van der Waals surface area contributed by atoms with Crippen molar-refractivity contribution in [1.29, 1.82) is 0 Å². The summed E-state index contributed by atoms with van der Waals surface area (Å²) in [7, 11) is 0. The van der Waals surface area contributed by atoms with Crippen molar-refractivity contribution in [3.63, 3.8) is 0 Å². The van der Waals surface area contributed by atoms with Crippen molar-refractivity contribution >= 4 is 157 Å². The van der Waals surface area contributed by atoms with Crippen LogP contribution in [0.2, 0.25) is 0 Å². The van der Waals surface area contributed by atoms with Gasteiger partial charge in [0.25, 0.3) is 28.8 Å². The molecule has 6 aromatic heterocycles. The van der Waals surface area contributed by atoms with Gasteiger partial charge in [0.15, 0.2) is 29.3 Å². The SMILES string of the molecule is Cc1nnc(N=Nc2c(O)c(C(=O)Nc3ccccc3)cc3ccccc23)s1.Cc1nsc(N=Nc2c(O)c(C(=O)Nc3ccccc3)cc3ccccc23)n1.O=C(Nc1ccccn1)c1cc2ccccc2c(N=Nc2cnoc2)c1O.O=C(Nc1ccncc1)c1cc2ccccc2c(N=Nc2nnc(-c3ccccc3)o2)c1O. The van der Waals surface area contributed by atoms with Gasteiger partial charge < -0.3 is 50.6 Å². The van der Waals surface area contributed by atoms with Gasteiger partial charge in [0.05, 0.1) is 28.5 Å². The lowest BCUT2D eigenvalue weighted by atomic mass is 10.0. The average Bonchev–Trinajstić information content (AvgIpc) is 1.25. The van der Waals surface area contributed by atoms with Crippen LogP contribution >= 0.6 is 22.9 Å². The molecule has 17 rings (SSSR count). The number of nitrogens with one attached hydrogen (secondary N) is 4. The van der Waals surface area contributed by atoms with E-state index in [9.17, 15) is 39.6 Å². The number of hydrogen-bond donors (Lipinski definition) is 8. The number of rotatable bonds is 17. The zero-order chi connectivity index (χ0) is 80.3. The number of hydrogen-bond acceptors (Lipinski definition) is 29. The van der Waals surface area contributed by atoms with E-state index in [1.807, 2.05) is 153 Å². The third kappa shape index (κ3) is 18.6. The summed E-state index contributed by atoms with van der Waals surface area (Å²) in [6.45, 7) is 3.58. The molecule has 8 N–H and O–H groups in total. The molecular weight excluding hydrogens is 1520 g/mol. The van der Waals surface area contributed by atoms with Gasteiger partial charge in [0, 0.05) is 74.3 Å². The van der Waals surface area contributed by atoms with Gasteiger partial charge in [-0.05, 0) is 120 Å². The van der Waals surface area contributed by atoms with Crippen molar-refractivity contribution in [2.24, 2.45) is 40.9 Å². The number of amides is 4. The maximum atomic E-state index is 12.9. The third-order valence-electron chi connectivity index (χ3n) is 16.7. The number of aryl methyl sites for hydroxylation is 2. The Morgan fingerprint density at radius 2 is 0.828 bits per heavy atom. The Bertz CT molecular complexity index is 6350. The second-order valence-electron chi connectivity index (χ2n) is 24.5. The topological polar surface area (TPSA) is 438 Å². The zero-order valence-corrected chi connectivity index (χ0v) is 62.3. The van der Waals surface area contributed by atoms with E-state index in [-0.39, 0.29) is 74.0 Å². The molecule has 31 nitrogen and oxygen atoms in total. The molecule has 6 heterocycles. The predicted octanol–water partition coefficient (Wildman–Crippen LogP) is 21.0. The molecule has 0 radical (unpaired) electrons. The van der Waals surface area contributed by atoms with Crippen molar-refractivity contribution in [2.75, 3.05) is 21.3 Å². The molecule has 0 saturated carbocycles. The van der Waals surface area contributed by atoms with Crippen LogP contribution in [0.4, 0.5) is 67.6 Å². The normalized spacial score (nSPS) is 11.2. The number of pyridine rings is 2. The van der Waals surface area contributed by atoms with Crippen LogP contribution in [0.25, 0.3) is 54.5 Å². The van der Waals surface area contributed by atoms with Crippen LogP contribution in [0.1, 0.15) is 52.3 Å². The Morgan fingerprint density at radius 3 is 1.26 bits per heavy atom. The summed E-state index contributed by atoms with van der Waals surface area (Å²) in [4.78, 5) is 63.1. The van der Waals surface area contributed by atoms with E-state index in [1.54, 1.807) is 123 Å². The van der Waals surface area contributed by atoms with Crippen molar-refractivity contribution in [3.05, 3.63) is 307 Å². The largest absolute Gasteiger partial charge is 0.505 e. The number of aromatic nitrogens is 9. The van der Waals surface area contributed by atoms with E-state index < -0.39 is 23.6 Å². The van der Waals surface area contributed by atoms with Crippen LogP contribution in [0.5, 0.6) is 23.0 Å².